The van der Waals surface area contributed by atoms with Gasteiger partial charge in [-0.25, -0.2) is 9.37 Å². The van der Waals surface area contributed by atoms with Gasteiger partial charge in [0.15, 0.2) is 11.6 Å². The van der Waals surface area contributed by atoms with Gasteiger partial charge in [-0.3, -0.25) is 20.1 Å². The van der Waals surface area contributed by atoms with Gasteiger partial charge in [-0.05, 0) is 40.6 Å². The Morgan fingerprint density at radius 2 is 1.94 bits per heavy atom. The zero-order chi connectivity index (χ0) is 23.1. The molecular weight excluding hydrogens is 451 g/mol. The summed E-state index contributed by atoms with van der Waals surface area (Å²) in [7, 11) is 0. The van der Waals surface area contributed by atoms with Crippen molar-refractivity contribution in [2.75, 3.05) is 6.54 Å². The van der Waals surface area contributed by atoms with Gasteiger partial charge < -0.3 is 10.3 Å². The normalized spacial score (nSPS) is 11.6. The van der Waals surface area contributed by atoms with Gasteiger partial charge in [0.2, 0.25) is 0 Å². The Labute approximate surface area is 197 Å². The van der Waals surface area contributed by atoms with Gasteiger partial charge in [0.1, 0.15) is 16.9 Å². The number of thiophene rings is 1. The molecule has 3 N–H and O–H groups in total. The van der Waals surface area contributed by atoms with Crippen LogP contribution in [0.5, 0.6) is 0 Å². The Balaban J connectivity index is 1.48. The highest BCUT2D eigenvalue weighted by molar-refractivity contribution is 7.08. The highest BCUT2D eigenvalue weighted by Crippen LogP contribution is 2.34. The fourth-order valence-electron chi connectivity index (χ4n) is 4.01. The number of halogens is 1. The standard InChI is InChI=1S/C24H19FN8S/c1-2-26-6-13-5-15(8-27-7-13)21-20(25)19-17(11-29-21)32-33-23(19)24-30-18-10-28-9-16(22(18)31-24)14-3-4-34-12-14/h3-5,7-12,26H,2,6H2,1H3,(H,30,31)(H,32,33). The van der Waals surface area contributed by atoms with Crippen LogP contribution in [0.15, 0.2) is 53.9 Å². The van der Waals surface area contributed by atoms with Crippen molar-refractivity contribution < 1.29 is 4.39 Å². The first-order chi connectivity index (χ1) is 16.7. The molecule has 34 heavy (non-hydrogen) atoms. The van der Waals surface area contributed by atoms with Crippen molar-refractivity contribution in [1.82, 2.24) is 40.4 Å². The average molecular weight is 471 g/mol. The lowest BCUT2D eigenvalue weighted by Gasteiger charge is -2.07. The van der Waals surface area contributed by atoms with Crippen LogP contribution >= 0.6 is 11.3 Å². The van der Waals surface area contributed by atoms with E-state index in [4.69, 9.17) is 4.98 Å². The molecule has 0 aromatic carbocycles. The number of fused-ring (bicyclic) bond motifs is 2. The van der Waals surface area contributed by atoms with Crippen LogP contribution in [0, 0.1) is 5.82 Å². The molecule has 0 unspecified atom stereocenters. The molecule has 0 spiro atoms. The minimum atomic E-state index is -0.472. The molecule has 0 amide bonds. The first-order valence-corrected chi connectivity index (χ1v) is 11.7. The maximum Gasteiger partial charge on any atom is 0.161 e. The van der Waals surface area contributed by atoms with E-state index in [-0.39, 0.29) is 5.69 Å². The van der Waals surface area contributed by atoms with Gasteiger partial charge in [-0.15, -0.1) is 0 Å². The second-order valence-electron chi connectivity index (χ2n) is 7.82. The summed E-state index contributed by atoms with van der Waals surface area (Å²) in [5.41, 5.74) is 6.12. The molecule has 0 fully saturated rings. The first kappa shape index (κ1) is 20.6. The number of aromatic nitrogens is 7. The van der Waals surface area contributed by atoms with Crippen LogP contribution in [-0.4, -0.2) is 41.7 Å². The van der Waals surface area contributed by atoms with E-state index in [1.807, 2.05) is 29.8 Å². The van der Waals surface area contributed by atoms with Crippen molar-refractivity contribution in [1.29, 1.82) is 0 Å². The number of nitrogens with zero attached hydrogens (tertiary/aromatic N) is 5. The Kier molecular flexibility index (Phi) is 5.08. The zero-order valence-electron chi connectivity index (χ0n) is 18.1. The van der Waals surface area contributed by atoms with Crippen molar-refractivity contribution in [2.45, 2.75) is 13.5 Å². The predicted octanol–water partition coefficient (Wildman–Crippen LogP) is 4.94. The van der Waals surface area contributed by atoms with E-state index in [2.05, 4.69) is 35.5 Å². The van der Waals surface area contributed by atoms with E-state index in [1.165, 1.54) is 0 Å². The fourth-order valence-corrected chi connectivity index (χ4v) is 4.66. The van der Waals surface area contributed by atoms with Crippen LogP contribution in [0.25, 0.3) is 55.8 Å². The van der Waals surface area contributed by atoms with E-state index in [9.17, 15) is 0 Å². The van der Waals surface area contributed by atoms with Crippen LogP contribution in [-0.2, 0) is 6.54 Å². The molecule has 0 saturated heterocycles. The van der Waals surface area contributed by atoms with Crippen molar-refractivity contribution in [3.05, 3.63) is 65.3 Å². The van der Waals surface area contributed by atoms with Gasteiger partial charge in [0, 0.05) is 36.3 Å². The molecule has 8 nitrogen and oxygen atoms in total. The number of H-pyrrole nitrogens is 2. The van der Waals surface area contributed by atoms with Crippen LogP contribution in [0.4, 0.5) is 4.39 Å². The summed E-state index contributed by atoms with van der Waals surface area (Å²) in [6.45, 7) is 3.52. The van der Waals surface area contributed by atoms with E-state index < -0.39 is 5.82 Å². The number of rotatable bonds is 6. The van der Waals surface area contributed by atoms with Gasteiger partial charge in [0.25, 0.3) is 0 Å². The van der Waals surface area contributed by atoms with Crippen LogP contribution in [0.3, 0.4) is 0 Å². The quantitative estimate of drug-likeness (QED) is 0.318. The van der Waals surface area contributed by atoms with Crippen LogP contribution in [0.2, 0.25) is 0 Å². The molecule has 0 aliphatic carbocycles. The lowest BCUT2D eigenvalue weighted by molar-refractivity contribution is 0.638. The third kappa shape index (κ3) is 3.44. The lowest BCUT2D eigenvalue weighted by Crippen LogP contribution is -2.11. The fraction of sp³-hybridized carbons (Fsp3) is 0.125. The number of pyridine rings is 3. The maximum absolute atomic E-state index is 15.9. The summed E-state index contributed by atoms with van der Waals surface area (Å²) in [6.07, 6.45) is 8.46. The first-order valence-electron chi connectivity index (χ1n) is 10.8. The van der Waals surface area contributed by atoms with E-state index in [1.54, 1.807) is 42.3 Å². The topological polar surface area (TPSA) is 108 Å². The van der Waals surface area contributed by atoms with Crippen LogP contribution in [0.1, 0.15) is 12.5 Å². The molecule has 6 heterocycles. The third-order valence-electron chi connectivity index (χ3n) is 5.64. The number of hydrogen-bond donors (Lipinski definition) is 3. The van der Waals surface area contributed by atoms with Crippen molar-refractivity contribution in [3.8, 4) is 33.9 Å². The molecule has 0 atom stereocenters. The summed E-state index contributed by atoms with van der Waals surface area (Å²) in [4.78, 5) is 21.0. The predicted molar refractivity (Wildman–Crippen MR) is 131 cm³/mol. The molecule has 6 rings (SSSR count). The summed E-state index contributed by atoms with van der Waals surface area (Å²) in [5.74, 6) is -0.0129. The van der Waals surface area contributed by atoms with Gasteiger partial charge in [0.05, 0.1) is 28.8 Å². The largest absolute Gasteiger partial charge is 0.335 e. The number of nitrogens with one attached hydrogen (secondary N) is 3. The Morgan fingerprint density at radius 1 is 1.03 bits per heavy atom. The Morgan fingerprint density at radius 3 is 2.79 bits per heavy atom. The highest BCUT2D eigenvalue weighted by Gasteiger charge is 2.21. The molecule has 10 heteroatoms. The molecular formula is C24H19FN8S. The Bertz CT molecular complexity index is 1620. The van der Waals surface area contributed by atoms with E-state index in [0.717, 1.165) is 34.3 Å². The number of hydrogen-bond acceptors (Lipinski definition) is 7. The molecule has 6 aromatic heterocycles. The average Bonchev–Trinajstić information content (AvgIpc) is 3.62. The minimum absolute atomic E-state index is 0.220. The Hall–Kier alpha value is -4.02. The lowest BCUT2D eigenvalue weighted by atomic mass is 10.1. The smallest absolute Gasteiger partial charge is 0.161 e. The van der Waals surface area contributed by atoms with E-state index in [0.29, 0.717) is 34.5 Å². The highest BCUT2D eigenvalue weighted by atomic mass is 32.1. The minimum Gasteiger partial charge on any atom is -0.335 e. The molecule has 0 bridgehead atoms. The summed E-state index contributed by atoms with van der Waals surface area (Å²) in [6, 6.07) is 3.92. The van der Waals surface area contributed by atoms with Crippen molar-refractivity contribution in [3.63, 3.8) is 0 Å². The summed E-state index contributed by atoms with van der Waals surface area (Å²) in [5, 5.41) is 14.9. The molecule has 6 aromatic rings. The molecule has 168 valence electrons. The van der Waals surface area contributed by atoms with Gasteiger partial charge in [-0.1, -0.05) is 6.92 Å². The molecule has 0 aliphatic rings. The van der Waals surface area contributed by atoms with Crippen molar-refractivity contribution in [2.24, 2.45) is 0 Å². The van der Waals surface area contributed by atoms with Gasteiger partial charge >= 0.3 is 0 Å². The number of imidazole rings is 1. The second kappa shape index (κ2) is 8.40. The third-order valence-corrected chi connectivity index (χ3v) is 6.33. The molecule has 0 saturated carbocycles. The summed E-state index contributed by atoms with van der Waals surface area (Å²) >= 11 is 1.61. The number of aromatic amines is 2. The monoisotopic (exact) mass is 470 g/mol. The molecule has 0 radical (unpaired) electrons. The summed E-state index contributed by atoms with van der Waals surface area (Å²) < 4.78 is 15.9. The SMILES string of the molecule is CCNCc1cncc(-c2ncc3[nH]nc(-c4nc5c(-c6ccsc6)cncc5[nH]4)c3c2F)c1. The second-order valence-corrected chi connectivity index (χ2v) is 8.60. The maximum atomic E-state index is 15.9. The zero-order valence-corrected chi connectivity index (χ0v) is 18.9. The van der Waals surface area contributed by atoms with Gasteiger partial charge in [-0.2, -0.15) is 16.4 Å². The van der Waals surface area contributed by atoms with Crippen molar-refractivity contribution >= 4 is 33.3 Å². The van der Waals surface area contributed by atoms with Crippen LogP contribution < -0.4 is 5.32 Å². The van der Waals surface area contributed by atoms with E-state index >= 15 is 4.39 Å². The molecule has 0 aliphatic heterocycles.